The van der Waals surface area contributed by atoms with E-state index in [0.29, 0.717) is 0 Å². The SMILES string of the molecule is COC(=O)C1=CC(C)=C(S(C)(=O)=O)C(=NO)C1Cl. The standard InChI is InChI=1S/C10H12ClNO5S/c1-5-4-6(10(13)17-2)7(11)8(12-14)9(5)18(3,15)16/h4,7,14H,1-3H3. The van der Waals surface area contributed by atoms with E-state index in [0.717, 1.165) is 6.26 Å². The summed E-state index contributed by atoms with van der Waals surface area (Å²) >= 11 is 5.93. The molecule has 1 aliphatic carbocycles. The second-order valence-corrected chi connectivity index (χ2v) is 6.11. The first kappa shape index (κ1) is 14.7. The van der Waals surface area contributed by atoms with Crippen LogP contribution in [0, 0.1) is 0 Å². The van der Waals surface area contributed by atoms with Crippen LogP contribution in [0.2, 0.25) is 0 Å². The number of oxime groups is 1. The van der Waals surface area contributed by atoms with Gasteiger partial charge in [-0.1, -0.05) is 5.16 Å². The summed E-state index contributed by atoms with van der Waals surface area (Å²) in [4.78, 5) is 11.3. The minimum atomic E-state index is -3.62. The Labute approximate surface area is 109 Å². The molecular weight excluding hydrogens is 282 g/mol. The fourth-order valence-corrected chi connectivity index (χ4v) is 3.25. The lowest BCUT2D eigenvalue weighted by Crippen LogP contribution is -2.31. The lowest BCUT2D eigenvalue weighted by atomic mass is 9.98. The summed E-state index contributed by atoms with van der Waals surface area (Å²) in [6.07, 6.45) is 2.28. The fourth-order valence-electron chi connectivity index (χ4n) is 1.70. The van der Waals surface area contributed by atoms with Crippen LogP contribution in [0.1, 0.15) is 6.92 Å². The Morgan fingerprint density at radius 1 is 1.56 bits per heavy atom. The molecule has 100 valence electrons. The van der Waals surface area contributed by atoms with Crippen molar-refractivity contribution in [1.29, 1.82) is 0 Å². The van der Waals surface area contributed by atoms with Gasteiger partial charge in [-0.05, 0) is 18.6 Å². The molecule has 0 amide bonds. The van der Waals surface area contributed by atoms with Gasteiger partial charge < -0.3 is 9.94 Å². The zero-order valence-corrected chi connectivity index (χ0v) is 11.5. The van der Waals surface area contributed by atoms with E-state index in [1.807, 2.05) is 0 Å². The van der Waals surface area contributed by atoms with Gasteiger partial charge in [0.2, 0.25) is 0 Å². The number of rotatable bonds is 2. The molecule has 8 heteroatoms. The first-order valence-corrected chi connectivity index (χ1v) is 7.14. The number of carbonyl (C=O) groups excluding carboxylic acids is 1. The average Bonchev–Trinajstić information content (AvgIpc) is 2.28. The van der Waals surface area contributed by atoms with Crippen molar-refractivity contribution >= 4 is 33.1 Å². The van der Waals surface area contributed by atoms with Gasteiger partial charge in [-0.15, -0.1) is 11.6 Å². The normalized spacial score (nSPS) is 23.0. The molecule has 18 heavy (non-hydrogen) atoms. The summed E-state index contributed by atoms with van der Waals surface area (Å²) < 4.78 is 27.7. The van der Waals surface area contributed by atoms with E-state index < -0.39 is 21.2 Å². The molecule has 0 spiro atoms. The molecule has 1 rings (SSSR count). The van der Waals surface area contributed by atoms with Gasteiger partial charge in [-0.2, -0.15) is 0 Å². The van der Waals surface area contributed by atoms with Crippen LogP contribution in [0.25, 0.3) is 0 Å². The lowest BCUT2D eigenvalue weighted by molar-refractivity contribution is -0.136. The molecule has 1 N–H and O–H groups in total. The monoisotopic (exact) mass is 293 g/mol. The number of esters is 1. The van der Waals surface area contributed by atoms with Gasteiger partial charge in [0.25, 0.3) is 0 Å². The molecule has 0 bridgehead atoms. The second-order valence-electron chi connectivity index (χ2n) is 3.72. The zero-order chi connectivity index (χ0) is 14.1. The van der Waals surface area contributed by atoms with Crippen LogP contribution in [-0.2, 0) is 19.4 Å². The molecule has 0 saturated carbocycles. The molecule has 0 aromatic carbocycles. The predicted molar refractivity (Wildman–Crippen MR) is 66.5 cm³/mol. The van der Waals surface area contributed by atoms with E-state index in [2.05, 4.69) is 9.89 Å². The van der Waals surface area contributed by atoms with Gasteiger partial charge in [0.05, 0.1) is 17.6 Å². The van der Waals surface area contributed by atoms with Crippen molar-refractivity contribution in [2.75, 3.05) is 13.4 Å². The minimum absolute atomic E-state index is 0.0249. The van der Waals surface area contributed by atoms with Crippen LogP contribution in [0.3, 0.4) is 0 Å². The predicted octanol–water partition coefficient (Wildman–Crippen LogP) is 0.856. The molecule has 0 fully saturated rings. The molecule has 0 aromatic heterocycles. The average molecular weight is 294 g/mol. The molecule has 0 radical (unpaired) electrons. The third kappa shape index (κ3) is 2.56. The van der Waals surface area contributed by atoms with Crippen LogP contribution < -0.4 is 0 Å². The Kier molecular flexibility index (Phi) is 4.18. The number of alkyl halides is 1. The van der Waals surface area contributed by atoms with Gasteiger partial charge in [0, 0.05) is 6.26 Å². The molecule has 6 nitrogen and oxygen atoms in total. The summed E-state index contributed by atoms with van der Waals surface area (Å²) in [6, 6.07) is 0. The molecule has 1 aliphatic rings. The van der Waals surface area contributed by atoms with E-state index in [-0.39, 0.29) is 21.8 Å². The lowest BCUT2D eigenvalue weighted by Gasteiger charge is -2.21. The topological polar surface area (TPSA) is 93.0 Å². The fraction of sp³-hybridized carbons (Fsp3) is 0.400. The third-order valence-electron chi connectivity index (χ3n) is 2.38. The van der Waals surface area contributed by atoms with Gasteiger partial charge >= 0.3 is 5.97 Å². The van der Waals surface area contributed by atoms with Gasteiger partial charge in [-0.25, -0.2) is 13.2 Å². The van der Waals surface area contributed by atoms with E-state index in [9.17, 15) is 13.2 Å². The van der Waals surface area contributed by atoms with Gasteiger partial charge in [0.15, 0.2) is 9.84 Å². The number of hydrogen-bond acceptors (Lipinski definition) is 6. The number of sulfone groups is 1. The number of halogens is 1. The Morgan fingerprint density at radius 2 is 2.11 bits per heavy atom. The highest BCUT2D eigenvalue weighted by Gasteiger charge is 2.36. The number of methoxy groups -OCH3 is 1. The van der Waals surface area contributed by atoms with Crippen LogP contribution in [0.15, 0.2) is 27.3 Å². The Hall–Kier alpha value is -1.34. The first-order chi connectivity index (χ1) is 8.23. The number of ether oxygens (including phenoxy) is 1. The maximum atomic E-state index is 11.6. The molecular formula is C10H12ClNO5S. The molecule has 1 atom stereocenters. The van der Waals surface area contributed by atoms with E-state index >= 15 is 0 Å². The van der Waals surface area contributed by atoms with Crippen molar-refractivity contribution in [2.24, 2.45) is 5.16 Å². The van der Waals surface area contributed by atoms with Crippen LogP contribution >= 0.6 is 11.6 Å². The van der Waals surface area contributed by atoms with Crippen molar-refractivity contribution in [2.45, 2.75) is 12.3 Å². The van der Waals surface area contributed by atoms with E-state index in [1.54, 1.807) is 0 Å². The van der Waals surface area contributed by atoms with Gasteiger partial charge in [-0.3, -0.25) is 0 Å². The van der Waals surface area contributed by atoms with Crippen molar-refractivity contribution in [3.8, 4) is 0 Å². The second kappa shape index (κ2) is 5.11. The molecule has 0 saturated heterocycles. The summed E-state index contributed by atoms with van der Waals surface area (Å²) in [6.45, 7) is 1.48. The Balaban J connectivity index is 3.53. The molecule has 0 aromatic rings. The number of carbonyl (C=O) groups is 1. The van der Waals surface area contributed by atoms with Crippen molar-refractivity contribution in [1.82, 2.24) is 0 Å². The summed E-state index contributed by atoms with van der Waals surface area (Å²) in [7, 11) is -2.44. The molecule has 0 heterocycles. The maximum absolute atomic E-state index is 11.6. The Bertz CT molecular complexity index is 573. The maximum Gasteiger partial charge on any atom is 0.335 e. The summed E-state index contributed by atoms with van der Waals surface area (Å²) in [5.41, 5.74) is 0.0130. The number of nitrogens with zero attached hydrogens (tertiary/aromatic N) is 1. The molecule has 0 aliphatic heterocycles. The van der Waals surface area contributed by atoms with Gasteiger partial charge in [0.1, 0.15) is 11.1 Å². The zero-order valence-electron chi connectivity index (χ0n) is 9.97. The summed E-state index contributed by atoms with van der Waals surface area (Å²) in [5.74, 6) is -0.706. The number of allylic oxidation sites excluding steroid dienone is 3. The van der Waals surface area contributed by atoms with Crippen molar-refractivity contribution in [3.63, 3.8) is 0 Å². The van der Waals surface area contributed by atoms with E-state index in [4.69, 9.17) is 16.8 Å². The van der Waals surface area contributed by atoms with Crippen LogP contribution in [0.5, 0.6) is 0 Å². The molecule has 1 unspecified atom stereocenters. The van der Waals surface area contributed by atoms with Crippen molar-refractivity contribution in [3.05, 3.63) is 22.1 Å². The van der Waals surface area contributed by atoms with E-state index in [1.165, 1.54) is 20.1 Å². The van der Waals surface area contributed by atoms with Crippen molar-refractivity contribution < 1.29 is 23.2 Å². The highest BCUT2D eigenvalue weighted by atomic mass is 35.5. The first-order valence-electron chi connectivity index (χ1n) is 4.81. The Morgan fingerprint density at radius 3 is 2.50 bits per heavy atom. The largest absolute Gasteiger partial charge is 0.466 e. The van der Waals surface area contributed by atoms with Crippen LogP contribution in [-0.4, -0.2) is 44.0 Å². The quantitative estimate of drug-likeness (QED) is 0.353. The highest BCUT2D eigenvalue weighted by Crippen LogP contribution is 2.29. The highest BCUT2D eigenvalue weighted by molar-refractivity contribution is 7.95. The summed E-state index contributed by atoms with van der Waals surface area (Å²) in [5, 5.41) is 10.6. The van der Waals surface area contributed by atoms with Crippen LogP contribution in [0.4, 0.5) is 0 Å². The number of hydrogen-bond donors (Lipinski definition) is 1. The minimum Gasteiger partial charge on any atom is -0.466 e. The smallest absolute Gasteiger partial charge is 0.335 e. The third-order valence-corrected chi connectivity index (χ3v) is 4.09.